The number of nitrogens with zero attached hydrogens (tertiary/aromatic N) is 6. The topological polar surface area (TPSA) is 94.7 Å². The summed E-state index contributed by atoms with van der Waals surface area (Å²) in [6.45, 7) is 0. The first-order chi connectivity index (χ1) is 15.1. The molecule has 6 rings (SSSR count). The number of nitrogens with one attached hydrogen (secondary N) is 2. The van der Waals surface area contributed by atoms with Gasteiger partial charge in [0.2, 0.25) is 0 Å². The van der Waals surface area contributed by atoms with Crippen LogP contribution in [-0.4, -0.2) is 48.1 Å². The second kappa shape index (κ2) is 6.92. The number of fused-ring (bicyclic) bond motifs is 1. The van der Waals surface area contributed by atoms with E-state index in [1.54, 1.807) is 6.33 Å². The molecule has 0 radical (unpaired) electrons. The largest absolute Gasteiger partial charge is 0.367 e. The Morgan fingerprint density at radius 3 is 2.81 bits per heavy atom. The van der Waals surface area contributed by atoms with Crippen LogP contribution in [0.3, 0.4) is 0 Å². The standard InChI is InChI=1S/C23H26N8/c1-30-13-21(26-14-30)28-20-10-19-18(4-2-7-25-19)22(29-20)27-15-8-16-11-23(5-3-6-24)12-17(9-15)31(16)23/h2,4,7,10,13-17H,3,5,8-9,11-12H2,1H3,(H2,27,28,29)/t15-,16+,17-,23?. The molecule has 3 aliphatic heterocycles. The molecule has 2 N–H and O–H groups in total. The first kappa shape index (κ1) is 18.6. The molecule has 0 aliphatic carbocycles. The Balaban J connectivity index is 1.22. The Kier molecular flexibility index (Phi) is 4.15. The van der Waals surface area contributed by atoms with Crippen LogP contribution in [0.4, 0.5) is 17.5 Å². The Hall–Kier alpha value is -3.18. The van der Waals surface area contributed by atoms with Crippen molar-refractivity contribution in [2.45, 2.75) is 62.2 Å². The van der Waals surface area contributed by atoms with Gasteiger partial charge in [-0.25, -0.2) is 9.97 Å². The molecule has 3 aliphatic rings. The monoisotopic (exact) mass is 414 g/mol. The van der Waals surface area contributed by atoms with E-state index in [4.69, 9.17) is 10.2 Å². The van der Waals surface area contributed by atoms with Crippen molar-refractivity contribution in [3.63, 3.8) is 0 Å². The van der Waals surface area contributed by atoms with E-state index in [9.17, 15) is 0 Å². The lowest BCUT2D eigenvalue weighted by Crippen LogP contribution is -2.81. The maximum Gasteiger partial charge on any atom is 0.149 e. The van der Waals surface area contributed by atoms with Crippen LogP contribution in [-0.2, 0) is 7.05 Å². The molecule has 4 atom stereocenters. The molecule has 0 amide bonds. The Morgan fingerprint density at radius 1 is 1.23 bits per heavy atom. The minimum absolute atomic E-state index is 0.345. The third-order valence-corrected chi connectivity index (χ3v) is 7.28. The third kappa shape index (κ3) is 3.03. The average Bonchev–Trinajstić information content (AvgIpc) is 3.13. The maximum absolute atomic E-state index is 8.97. The maximum atomic E-state index is 8.97. The van der Waals surface area contributed by atoms with Gasteiger partial charge >= 0.3 is 0 Å². The molecule has 158 valence electrons. The van der Waals surface area contributed by atoms with Crippen molar-refractivity contribution in [1.82, 2.24) is 24.4 Å². The summed E-state index contributed by atoms with van der Waals surface area (Å²) in [5.41, 5.74) is 1.26. The molecule has 0 aromatic carbocycles. The molecule has 8 heteroatoms. The lowest BCUT2D eigenvalue weighted by atomic mass is 9.57. The van der Waals surface area contributed by atoms with Gasteiger partial charge in [0.05, 0.1) is 17.9 Å². The Morgan fingerprint density at radius 2 is 2.06 bits per heavy atom. The van der Waals surface area contributed by atoms with Crippen molar-refractivity contribution in [2.24, 2.45) is 7.05 Å². The van der Waals surface area contributed by atoms with E-state index in [0.717, 1.165) is 47.6 Å². The minimum Gasteiger partial charge on any atom is -0.367 e. The van der Waals surface area contributed by atoms with Crippen LogP contribution in [0, 0.1) is 11.3 Å². The molecule has 6 heterocycles. The van der Waals surface area contributed by atoms with E-state index >= 15 is 0 Å². The molecule has 3 aromatic heterocycles. The molecule has 8 nitrogen and oxygen atoms in total. The summed E-state index contributed by atoms with van der Waals surface area (Å²) >= 11 is 0. The van der Waals surface area contributed by atoms with Crippen LogP contribution in [0.2, 0.25) is 0 Å². The van der Waals surface area contributed by atoms with Gasteiger partial charge in [-0.2, -0.15) is 5.26 Å². The van der Waals surface area contributed by atoms with Gasteiger partial charge < -0.3 is 15.2 Å². The lowest BCUT2D eigenvalue weighted by Gasteiger charge is -2.74. The van der Waals surface area contributed by atoms with Gasteiger partial charge in [0.25, 0.3) is 0 Å². The highest BCUT2D eigenvalue weighted by molar-refractivity contribution is 5.91. The van der Waals surface area contributed by atoms with Gasteiger partial charge in [-0.3, -0.25) is 9.88 Å². The van der Waals surface area contributed by atoms with Crippen LogP contribution >= 0.6 is 0 Å². The number of piperidine rings is 2. The van der Waals surface area contributed by atoms with Crippen molar-refractivity contribution in [3.05, 3.63) is 36.9 Å². The molecular weight excluding hydrogens is 388 g/mol. The van der Waals surface area contributed by atoms with Gasteiger partial charge in [-0.15, -0.1) is 0 Å². The van der Waals surface area contributed by atoms with Crippen molar-refractivity contribution in [1.29, 1.82) is 5.26 Å². The molecule has 1 unspecified atom stereocenters. The number of hydrogen-bond donors (Lipinski definition) is 2. The van der Waals surface area contributed by atoms with E-state index in [1.807, 2.05) is 36.1 Å². The van der Waals surface area contributed by atoms with Crippen molar-refractivity contribution < 1.29 is 0 Å². The molecule has 3 fully saturated rings. The Bertz CT molecular complexity index is 1160. The van der Waals surface area contributed by atoms with E-state index in [1.165, 1.54) is 12.8 Å². The first-order valence-corrected chi connectivity index (χ1v) is 11.1. The van der Waals surface area contributed by atoms with Gasteiger partial charge in [0.1, 0.15) is 17.5 Å². The van der Waals surface area contributed by atoms with Crippen molar-refractivity contribution in [3.8, 4) is 6.07 Å². The van der Waals surface area contributed by atoms with Crippen LogP contribution in [0.1, 0.15) is 38.5 Å². The highest BCUT2D eigenvalue weighted by Gasteiger charge is 2.64. The summed E-state index contributed by atoms with van der Waals surface area (Å²) in [7, 11) is 1.95. The molecular formula is C23H26N8. The molecule has 0 saturated carbocycles. The third-order valence-electron chi connectivity index (χ3n) is 7.28. The number of imidazole rings is 1. The fourth-order valence-corrected chi connectivity index (χ4v) is 6.15. The van der Waals surface area contributed by atoms with E-state index in [2.05, 4.69) is 37.6 Å². The van der Waals surface area contributed by atoms with Crippen molar-refractivity contribution in [2.75, 3.05) is 10.6 Å². The molecule has 31 heavy (non-hydrogen) atoms. The predicted octanol–water partition coefficient (Wildman–Crippen LogP) is 3.57. The smallest absolute Gasteiger partial charge is 0.149 e. The number of rotatable bonds is 6. The highest BCUT2D eigenvalue weighted by atomic mass is 15.4. The minimum atomic E-state index is 0.345. The zero-order valence-corrected chi connectivity index (χ0v) is 17.6. The number of aromatic nitrogens is 4. The van der Waals surface area contributed by atoms with E-state index in [-0.39, 0.29) is 0 Å². The number of aryl methyl sites for hydroxylation is 1. The highest BCUT2D eigenvalue weighted by Crippen LogP contribution is 2.58. The molecule has 0 spiro atoms. The Labute approximate surface area is 181 Å². The zero-order valence-electron chi connectivity index (χ0n) is 17.6. The lowest BCUT2D eigenvalue weighted by molar-refractivity contribution is -0.222. The molecule has 3 saturated heterocycles. The summed E-state index contributed by atoms with van der Waals surface area (Å²) < 4.78 is 1.91. The summed E-state index contributed by atoms with van der Waals surface area (Å²) in [6.07, 6.45) is 12.0. The van der Waals surface area contributed by atoms with E-state index in [0.29, 0.717) is 30.1 Å². The fourth-order valence-electron chi connectivity index (χ4n) is 6.15. The summed E-state index contributed by atoms with van der Waals surface area (Å²) in [4.78, 5) is 16.5. The number of anilines is 3. The number of nitriles is 1. The zero-order chi connectivity index (χ0) is 21.0. The summed E-state index contributed by atoms with van der Waals surface area (Å²) in [6, 6.07) is 10.0. The summed E-state index contributed by atoms with van der Waals surface area (Å²) in [5, 5.41) is 17.1. The van der Waals surface area contributed by atoms with Crippen LogP contribution in [0.25, 0.3) is 10.9 Å². The second-order valence-corrected chi connectivity index (χ2v) is 9.29. The SMILES string of the molecule is Cn1cnc(Nc2cc3ncccc3c(N[C@H]3C[C@@H]4CC5(CCC#N)C[C@H](C3)N45)n2)c1. The quantitative estimate of drug-likeness (QED) is 0.637. The second-order valence-electron chi connectivity index (χ2n) is 9.29. The van der Waals surface area contributed by atoms with Crippen LogP contribution in [0.15, 0.2) is 36.9 Å². The van der Waals surface area contributed by atoms with Gasteiger partial charge in [-0.1, -0.05) is 0 Å². The molecule has 0 bridgehead atoms. The van der Waals surface area contributed by atoms with Gasteiger partial charge in [-0.05, 0) is 44.2 Å². The number of hydrogen-bond acceptors (Lipinski definition) is 7. The van der Waals surface area contributed by atoms with Crippen molar-refractivity contribution >= 4 is 28.4 Å². The van der Waals surface area contributed by atoms with Gasteiger partial charge in [0.15, 0.2) is 0 Å². The fraction of sp³-hybridized carbons (Fsp3) is 0.478. The van der Waals surface area contributed by atoms with E-state index < -0.39 is 0 Å². The molecule has 3 aromatic rings. The normalized spacial score (nSPS) is 28.8. The average molecular weight is 415 g/mol. The predicted molar refractivity (Wildman–Crippen MR) is 119 cm³/mol. The van der Waals surface area contributed by atoms with Gasteiger partial charge in [0, 0.05) is 61.0 Å². The summed E-state index contributed by atoms with van der Waals surface area (Å²) in [5.74, 6) is 2.40. The van der Waals surface area contributed by atoms with Crippen LogP contribution < -0.4 is 10.6 Å². The van der Waals surface area contributed by atoms with Crippen LogP contribution in [0.5, 0.6) is 0 Å². The number of pyridine rings is 2. The first-order valence-electron chi connectivity index (χ1n) is 11.1.